The zero-order valence-electron chi connectivity index (χ0n) is 14.0. The number of amides is 1. The van der Waals surface area contributed by atoms with E-state index in [4.69, 9.17) is 5.73 Å². The van der Waals surface area contributed by atoms with Crippen molar-refractivity contribution in [2.45, 2.75) is 65.0 Å². The van der Waals surface area contributed by atoms with Gasteiger partial charge in [0.05, 0.1) is 5.54 Å². The number of nitrogens with two attached hydrogens (primary N) is 1. The van der Waals surface area contributed by atoms with Crippen LogP contribution in [-0.4, -0.2) is 54.0 Å². The SMILES string of the molecule is CCCC(C)(N)C(=O)N1CCC(CN(C)C(C)C)CC1. The molecule has 0 spiro atoms. The molecule has 1 aliphatic rings. The Morgan fingerprint density at radius 2 is 1.95 bits per heavy atom. The van der Waals surface area contributed by atoms with Gasteiger partial charge in [-0.2, -0.15) is 0 Å². The molecule has 1 aliphatic heterocycles. The van der Waals surface area contributed by atoms with E-state index < -0.39 is 5.54 Å². The Morgan fingerprint density at radius 3 is 2.40 bits per heavy atom. The Labute approximate surface area is 124 Å². The summed E-state index contributed by atoms with van der Waals surface area (Å²) in [6.07, 6.45) is 3.92. The highest BCUT2D eigenvalue weighted by atomic mass is 16.2. The predicted octanol–water partition coefficient (Wildman–Crippen LogP) is 2.08. The summed E-state index contributed by atoms with van der Waals surface area (Å²) >= 11 is 0. The molecule has 1 unspecified atom stereocenters. The van der Waals surface area contributed by atoms with Crippen molar-refractivity contribution in [1.82, 2.24) is 9.80 Å². The molecule has 0 aromatic rings. The summed E-state index contributed by atoms with van der Waals surface area (Å²) in [6.45, 7) is 11.3. The van der Waals surface area contributed by atoms with E-state index >= 15 is 0 Å². The molecule has 0 aromatic heterocycles. The van der Waals surface area contributed by atoms with Crippen molar-refractivity contribution >= 4 is 5.91 Å². The van der Waals surface area contributed by atoms with E-state index in [1.165, 1.54) is 0 Å². The van der Waals surface area contributed by atoms with E-state index in [0.29, 0.717) is 12.0 Å². The number of nitrogens with zero attached hydrogens (tertiary/aromatic N) is 2. The zero-order valence-corrected chi connectivity index (χ0v) is 14.0. The minimum Gasteiger partial charge on any atom is -0.341 e. The fourth-order valence-corrected chi connectivity index (χ4v) is 2.92. The van der Waals surface area contributed by atoms with Crippen molar-refractivity contribution in [1.29, 1.82) is 0 Å². The van der Waals surface area contributed by atoms with Gasteiger partial charge in [-0.1, -0.05) is 13.3 Å². The number of rotatable bonds is 6. The van der Waals surface area contributed by atoms with Crippen LogP contribution in [0.3, 0.4) is 0 Å². The molecule has 1 amide bonds. The number of hydrogen-bond donors (Lipinski definition) is 1. The third-order valence-corrected chi connectivity index (χ3v) is 4.59. The van der Waals surface area contributed by atoms with Gasteiger partial charge in [0.1, 0.15) is 0 Å². The Morgan fingerprint density at radius 1 is 1.40 bits per heavy atom. The first kappa shape index (κ1) is 17.4. The molecule has 0 aromatic carbocycles. The van der Waals surface area contributed by atoms with Crippen LogP contribution in [0.2, 0.25) is 0 Å². The molecule has 1 atom stereocenters. The molecule has 0 bridgehead atoms. The first-order valence-electron chi connectivity index (χ1n) is 8.06. The lowest BCUT2D eigenvalue weighted by atomic mass is 9.91. The summed E-state index contributed by atoms with van der Waals surface area (Å²) in [5, 5.41) is 0. The Bertz CT molecular complexity index is 307. The van der Waals surface area contributed by atoms with E-state index in [0.717, 1.165) is 45.3 Å². The molecular weight excluding hydrogens is 250 g/mol. The smallest absolute Gasteiger partial charge is 0.242 e. The lowest BCUT2D eigenvalue weighted by Crippen LogP contribution is -2.55. The molecule has 4 heteroatoms. The standard InChI is InChI=1S/C16H33N3O/c1-6-9-16(4,17)15(20)19-10-7-14(8-11-19)12-18(5)13(2)3/h13-14H,6-12,17H2,1-5H3. The number of carbonyl (C=O) groups is 1. The second kappa shape index (κ2) is 7.41. The predicted molar refractivity (Wildman–Crippen MR) is 84.6 cm³/mol. The maximum absolute atomic E-state index is 12.4. The molecule has 20 heavy (non-hydrogen) atoms. The third kappa shape index (κ3) is 4.74. The largest absolute Gasteiger partial charge is 0.341 e. The quantitative estimate of drug-likeness (QED) is 0.812. The molecule has 1 heterocycles. The molecule has 0 saturated carbocycles. The Balaban J connectivity index is 2.44. The Kier molecular flexibility index (Phi) is 6.46. The van der Waals surface area contributed by atoms with Crippen molar-refractivity contribution < 1.29 is 4.79 Å². The number of hydrogen-bond acceptors (Lipinski definition) is 3. The third-order valence-electron chi connectivity index (χ3n) is 4.59. The van der Waals surface area contributed by atoms with Crippen LogP contribution in [-0.2, 0) is 4.79 Å². The van der Waals surface area contributed by atoms with Crippen LogP contribution in [0.25, 0.3) is 0 Å². The maximum Gasteiger partial charge on any atom is 0.242 e. The van der Waals surface area contributed by atoms with Crippen molar-refractivity contribution in [3.05, 3.63) is 0 Å². The molecule has 0 radical (unpaired) electrons. The van der Waals surface area contributed by atoms with Gasteiger partial charge in [-0.05, 0) is 53.0 Å². The fraction of sp³-hybridized carbons (Fsp3) is 0.938. The van der Waals surface area contributed by atoms with Gasteiger partial charge >= 0.3 is 0 Å². The van der Waals surface area contributed by atoms with Crippen LogP contribution < -0.4 is 5.73 Å². The van der Waals surface area contributed by atoms with Crippen molar-refractivity contribution in [3.8, 4) is 0 Å². The summed E-state index contributed by atoms with van der Waals surface area (Å²) in [4.78, 5) is 16.8. The van der Waals surface area contributed by atoms with E-state index in [1.807, 2.05) is 11.8 Å². The monoisotopic (exact) mass is 283 g/mol. The Hall–Kier alpha value is -0.610. The van der Waals surface area contributed by atoms with Gasteiger partial charge in [0.2, 0.25) is 5.91 Å². The van der Waals surface area contributed by atoms with Gasteiger partial charge in [-0.15, -0.1) is 0 Å². The first-order chi connectivity index (χ1) is 9.27. The van der Waals surface area contributed by atoms with Gasteiger partial charge in [0, 0.05) is 25.7 Å². The minimum atomic E-state index is -0.684. The second-order valence-electron chi connectivity index (χ2n) is 6.94. The summed E-state index contributed by atoms with van der Waals surface area (Å²) in [7, 11) is 2.18. The lowest BCUT2D eigenvalue weighted by molar-refractivity contribution is -0.138. The van der Waals surface area contributed by atoms with E-state index in [-0.39, 0.29) is 5.91 Å². The van der Waals surface area contributed by atoms with Gasteiger partial charge < -0.3 is 15.5 Å². The average molecular weight is 283 g/mol. The zero-order chi connectivity index (χ0) is 15.3. The molecule has 118 valence electrons. The second-order valence-corrected chi connectivity index (χ2v) is 6.94. The first-order valence-corrected chi connectivity index (χ1v) is 8.06. The lowest BCUT2D eigenvalue weighted by Gasteiger charge is -2.38. The van der Waals surface area contributed by atoms with E-state index in [9.17, 15) is 4.79 Å². The molecule has 1 rings (SSSR count). The molecule has 1 fully saturated rings. The van der Waals surface area contributed by atoms with Crippen LogP contribution in [0.4, 0.5) is 0 Å². The average Bonchev–Trinajstić information content (AvgIpc) is 2.38. The molecule has 2 N–H and O–H groups in total. The van der Waals surface area contributed by atoms with E-state index in [2.05, 4.69) is 32.7 Å². The van der Waals surface area contributed by atoms with Gasteiger partial charge in [-0.25, -0.2) is 0 Å². The summed E-state index contributed by atoms with van der Waals surface area (Å²) in [5.74, 6) is 0.844. The van der Waals surface area contributed by atoms with Gasteiger partial charge in [0.15, 0.2) is 0 Å². The van der Waals surface area contributed by atoms with Crippen molar-refractivity contribution in [3.63, 3.8) is 0 Å². The molecule has 0 aliphatic carbocycles. The van der Waals surface area contributed by atoms with Crippen LogP contribution in [0.5, 0.6) is 0 Å². The van der Waals surface area contributed by atoms with Crippen molar-refractivity contribution in [2.24, 2.45) is 11.7 Å². The number of carbonyl (C=O) groups excluding carboxylic acids is 1. The van der Waals surface area contributed by atoms with Crippen LogP contribution in [0.15, 0.2) is 0 Å². The highest BCUT2D eigenvalue weighted by Gasteiger charge is 2.33. The number of likely N-dealkylation sites (tertiary alicyclic amines) is 1. The highest BCUT2D eigenvalue weighted by Crippen LogP contribution is 2.22. The number of piperidine rings is 1. The fourth-order valence-electron chi connectivity index (χ4n) is 2.92. The van der Waals surface area contributed by atoms with Crippen LogP contribution in [0.1, 0.15) is 53.4 Å². The van der Waals surface area contributed by atoms with Gasteiger partial charge in [0.25, 0.3) is 0 Å². The summed E-state index contributed by atoms with van der Waals surface area (Å²) < 4.78 is 0. The summed E-state index contributed by atoms with van der Waals surface area (Å²) in [5.41, 5.74) is 5.47. The van der Waals surface area contributed by atoms with Crippen LogP contribution in [0, 0.1) is 5.92 Å². The topological polar surface area (TPSA) is 49.6 Å². The molecular formula is C16H33N3O. The van der Waals surface area contributed by atoms with E-state index in [1.54, 1.807) is 0 Å². The van der Waals surface area contributed by atoms with Gasteiger partial charge in [-0.3, -0.25) is 4.79 Å². The summed E-state index contributed by atoms with van der Waals surface area (Å²) in [6, 6.07) is 0.589. The molecule has 1 saturated heterocycles. The van der Waals surface area contributed by atoms with Crippen LogP contribution >= 0.6 is 0 Å². The molecule has 4 nitrogen and oxygen atoms in total. The van der Waals surface area contributed by atoms with Crippen molar-refractivity contribution in [2.75, 3.05) is 26.7 Å². The maximum atomic E-state index is 12.4. The normalized spacial score (nSPS) is 20.5. The highest BCUT2D eigenvalue weighted by molar-refractivity contribution is 5.85. The minimum absolute atomic E-state index is 0.134.